The highest BCUT2D eigenvalue weighted by Gasteiger charge is 1.96. The van der Waals surface area contributed by atoms with Crippen LogP contribution in [0.25, 0.3) is 0 Å². The molecule has 0 amide bonds. The van der Waals surface area contributed by atoms with Gasteiger partial charge in [0.1, 0.15) is 11.6 Å². The molecule has 4 heteroatoms. The molecule has 0 saturated carbocycles. The Hall–Kier alpha value is -1.58. The Balaban J connectivity index is 0.000000180. The highest BCUT2D eigenvalue weighted by Crippen LogP contribution is 2.01. The van der Waals surface area contributed by atoms with E-state index in [1.165, 1.54) is 5.69 Å². The maximum absolute atomic E-state index is 4.24. The maximum atomic E-state index is 4.24. The summed E-state index contributed by atoms with van der Waals surface area (Å²) in [5.74, 6) is 2.21. The van der Waals surface area contributed by atoms with Crippen LogP contribution < -0.4 is 0 Å². The smallest absolute Gasteiger partial charge is 0.105 e. The van der Waals surface area contributed by atoms with Crippen LogP contribution in [0.2, 0.25) is 0 Å². The molecule has 0 aliphatic heterocycles. The van der Waals surface area contributed by atoms with E-state index >= 15 is 0 Å². The predicted octanol–water partition coefficient (Wildman–Crippen LogP) is 3.04. The minimum atomic E-state index is 1.02. The van der Waals surface area contributed by atoms with E-state index in [4.69, 9.17) is 0 Å². The van der Waals surface area contributed by atoms with Gasteiger partial charge >= 0.3 is 0 Å². The van der Waals surface area contributed by atoms with Crippen LogP contribution in [0.3, 0.4) is 0 Å². The zero-order valence-corrected chi connectivity index (χ0v) is 12.4. The van der Waals surface area contributed by atoms with Crippen molar-refractivity contribution in [1.29, 1.82) is 0 Å². The van der Waals surface area contributed by atoms with Gasteiger partial charge < -0.3 is 9.13 Å². The van der Waals surface area contributed by atoms with Crippen molar-refractivity contribution in [3.05, 3.63) is 35.4 Å². The summed E-state index contributed by atoms with van der Waals surface area (Å²) in [5, 5.41) is 0. The third-order valence-corrected chi connectivity index (χ3v) is 3.01. The van der Waals surface area contributed by atoms with Crippen LogP contribution in [0, 0.1) is 27.7 Å². The Morgan fingerprint density at radius 1 is 1.00 bits per heavy atom. The molecular weight excluding hydrogens is 224 g/mol. The number of aromatic nitrogens is 4. The van der Waals surface area contributed by atoms with Crippen LogP contribution in [0.4, 0.5) is 0 Å². The Morgan fingerprint density at radius 2 is 1.67 bits per heavy atom. The Labute approximate surface area is 110 Å². The van der Waals surface area contributed by atoms with Crippen LogP contribution in [-0.2, 0) is 13.1 Å². The number of nitrogens with zero attached hydrogens (tertiary/aromatic N) is 4. The maximum Gasteiger partial charge on any atom is 0.105 e. The van der Waals surface area contributed by atoms with Crippen molar-refractivity contribution < 1.29 is 0 Å². The molecule has 2 aromatic rings. The molecule has 100 valence electrons. The molecule has 4 nitrogen and oxygen atoms in total. The average Bonchev–Trinajstić information content (AvgIpc) is 2.82. The molecule has 0 spiro atoms. The highest BCUT2D eigenvalue weighted by atomic mass is 15.1. The Kier molecular flexibility index (Phi) is 5.13. The predicted molar refractivity (Wildman–Crippen MR) is 74.8 cm³/mol. The minimum absolute atomic E-state index is 1.02. The summed E-state index contributed by atoms with van der Waals surface area (Å²) in [5.41, 5.74) is 2.35. The summed E-state index contributed by atoms with van der Waals surface area (Å²) in [4.78, 5) is 8.39. The topological polar surface area (TPSA) is 35.6 Å². The molecule has 2 rings (SSSR count). The van der Waals surface area contributed by atoms with Gasteiger partial charge in [0.2, 0.25) is 0 Å². The van der Waals surface area contributed by atoms with Crippen LogP contribution in [0.5, 0.6) is 0 Å². The van der Waals surface area contributed by atoms with Crippen LogP contribution in [0.15, 0.2) is 12.4 Å². The van der Waals surface area contributed by atoms with E-state index in [1.54, 1.807) is 0 Å². The van der Waals surface area contributed by atoms with E-state index < -0.39 is 0 Å². The van der Waals surface area contributed by atoms with Gasteiger partial charge in [0, 0.05) is 31.2 Å². The van der Waals surface area contributed by atoms with Gasteiger partial charge in [-0.1, -0.05) is 0 Å². The number of hydrogen-bond donors (Lipinski definition) is 0. The molecule has 0 bridgehead atoms. The standard InChI is InChI=1S/2C7H12N2/c1-4-9-5-6(2)8-7(9)3;1-4-9-6(2)5-8-7(9)3/h2*5H,4H2,1-3H3. The van der Waals surface area contributed by atoms with E-state index in [1.807, 2.05) is 27.0 Å². The third kappa shape index (κ3) is 3.45. The first kappa shape index (κ1) is 14.5. The van der Waals surface area contributed by atoms with E-state index in [0.717, 1.165) is 30.4 Å². The largest absolute Gasteiger partial charge is 0.335 e. The van der Waals surface area contributed by atoms with Gasteiger partial charge in [0.15, 0.2) is 0 Å². The van der Waals surface area contributed by atoms with E-state index in [-0.39, 0.29) is 0 Å². The summed E-state index contributed by atoms with van der Waals surface area (Å²) < 4.78 is 4.31. The molecule has 18 heavy (non-hydrogen) atoms. The van der Waals surface area contributed by atoms with Crippen molar-refractivity contribution in [2.24, 2.45) is 0 Å². The van der Waals surface area contributed by atoms with Crippen molar-refractivity contribution in [3.63, 3.8) is 0 Å². The van der Waals surface area contributed by atoms with Gasteiger partial charge in [-0.3, -0.25) is 0 Å². The molecule has 0 fully saturated rings. The second-order valence-electron chi connectivity index (χ2n) is 4.41. The first-order chi connectivity index (χ1) is 8.49. The number of hydrogen-bond acceptors (Lipinski definition) is 2. The Morgan fingerprint density at radius 3 is 1.89 bits per heavy atom. The highest BCUT2D eigenvalue weighted by molar-refractivity contribution is 5.01. The fraction of sp³-hybridized carbons (Fsp3) is 0.571. The lowest BCUT2D eigenvalue weighted by Gasteiger charge is -2.00. The monoisotopic (exact) mass is 248 g/mol. The van der Waals surface area contributed by atoms with Crippen molar-refractivity contribution in [1.82, 2.24) is 19.1 Å². The second-order valence-corrected chi connectivity index (χ2v) is 4.41. The molecule has 0 radical (unpaired) electrons. The van der Waals surface area contributed by atoms with Gasteiger partial charge in [-0.05, 0) is 41.5 Å². The zero-order valence-electron chi connectivity index (χ0n) is 12.4. The summed E-state index contributed by atoms with van der Waals surface area (Å²) in [6.07, 6.45) is 3.97. The fourth-order valence-electron chi connectivity index (χ4n) is 2.05. The summed E-state index contributed by atoms with van der Waals surface area (Å²) in [6, 6.07) is 0. The lowest BCUT2D eigenvalue weighted by atomic mass is 10.5. The SMILES string of the molecule is CCn1c(C)cnc1C.CCn1cc(C)nc1C. The summed E-state index contributed by atoms with van der Waals surface area (Å²) in [7, 11) is 0. The molecule has 0 aliphatic carbocycles. The Bertz CT molecular complexity index is 474. The normalized spacial score (nSPS) is 10.1. The van der Waals surface area contributed by atoms with Crippen LogP contribution >= 0.6 is 0 Å². The van der Waals surface area contributed by atoms with E-state index in [0.29, 0.717) is 0 Å². The van der Waals surface area contributed by atoms with Crippen molar-refractivity contribution in [3.8, 4) is 0 Å². The van der Waals surface area contributed by atoms with Crippen molar-refractivity contribution in [2.75, 3.05) is 0 Å². The van der Waals surface area contributed by atoms with Gasteiger partial charge in [-0.25, -0.2) is 9.97 Å². The molecule has 0 unspecified atom stereocenters. The summed E-state index contributed by atoms with van der Waals surface area (Å²) >= 11 is 0. The van der Waals surface area contributed by atoms with Gasteiger partial charge in [-0.2, -0.15) is 0 Å². The first-order valence-corrected chi connectivity index (χ1v) is 6.48. The number of imidazole rings is 2. The first-order valence-electron chi connectivity index (χ1n) is 6.48. The van der Waals surface area contributed by atoms with Gasteiger partial charge in [-0.15, -0.1) is 0 Å². The molecule has 0 atom stereocenters. The van der Waals surface area contributed by atoms with Crippen molar-refractivity contribution in [2.45, 2.75) is 54.6 Å². The van der Waals surface area contributed by atoms with Gasteiger partial charge in [0.25, 0.3) is 0 Å². The van der Waals surface area contributed by atoms with Crippen LogP contribution in [-0.4, -0.2) is 19.1 Å². The quantitative estimate of drug-likeness (QED) is 0.819. The van der Waals surface area contributed by atoms with Crippen molar-refractivity contribution >= 4 is 0 Å². The average molecular weight is 248 g/mol. The van der Waals surface area contributed by atoms with Crippen LogP contribution in [0.1, 0.15) is 36.9 Å². The second kappa shape index (κ2) is 6.38. The lowest BCUT2D eigenvalue weighted by molar-refractivity contribution is 0.709. The fourth-order valence-corrected chi connectivity index (χ4v) is 2.05. The molecule has 0 saturated heterocycles. The number of aryl methyl sites for hydroxylation is 5. The lowest BCUT2D eigenvalue weighted by Crippen LogP contribution is -1.98. The third-order valence-electron chi connectivity index (χ3n) is 3.01. The summed E-state index contributed by atoms with van der Waals surface area (Å²) in [6.45, 7) is 14.4. The van der Waals surface area contributed by atoms with Gasteiger partial charge in [0.05, 0.1) is 5.69 Å². The zero-order chi connectivity index (χ0) is 13.7. The molecule has 2 heterocycles. The molecule has 0 N–H and O–H groups in total. The number of rotatable bonds is 2. The van der Waals surface area contributed by atoms with E-state index in [2.05, 4.69) is 46.1 Å². The van der Waals surface area contributed by atoms with E-state index in [9.17, 15) is 0 Å². The minimum Gasteiger partial charge on any atom is -0.335 e. The molecule has 0 aromatic carbocycles. The molecular formula is C14H24N4. The molecule has 2 aromatic heterocycles. The molecule has 0 aliphatic rings.